The Labute approximate surface area is 121 Å². The molecule has 2 heteroatoms. The lowest BCUT2D eigenvalue weighted by Gasteiger charge is -2.23. The Hall–Kier alpha value is -1.54. The molecule has 0 saturated heterocycles. The van der Waals surface area contributed by atoms with Gasteiger partial charge in [-0.3, -0.25) is 0 Å². The van der Waals surface area contributed by atoms with Crippen LogP contribution in [0, 0.1) is 11.8 Å². The maximum absolute atomic E-state index is 10.1. The summed E-state index contributed by atoms with van der Waals surface area (Å²) in [6.07, 6.45) is 7.36. The second-order valence-electron chi connectivity index (χ2n) is 6.16. The third-order valence-electron chi connectivity index (χ3n) is 4.57. The van der Waals surface area contributed by atoms with Crippen LogP contribution in [0.2, 0.25) is 0 Å². The van der Waals surface area contributed by atoms with Crippen molar-refractivity contribution in [3.8, 4) is 0 Å². The van der Waals surface area contributed by atoms with Gasteiger partial charge in [-0.2, -0.15) is 0 Å². The van der Waals surface area contributed by atoms with Gasteiger partial charge in [-0.1, -0.05) is 24.3 Å². The van der Waals surface area contributed by atoms with E-state index in [1.807, 2.05) is 19.1 Å². The first-order chi connectivity index (χ1) is 9.72. The van der Waals surface area contributed by atoms with Crippen molar-refractivity contribution in [2.45, 2.75) is 38.8 Å². The molecule has 20 heavy (non-hydrogen) atoms. The van der Waals surface area contributed by atoms with Crippen LogP contribution in [-0.2, 0) is 19.4 Å². The van der Waals surface area contributed by atoms with Crippen LogP contribution in [0.4, 0.5) is 0 Å². The first-order valence-corrected chi connectivity index (χ1v) is 7.58. The van der Waals surface area contributed by atoms with E-state index in [2.05, 4.69) is 41.2 Å². The number of aliphatic hydroxyl groups is 1. The molecule has 3 rings (SSSR count). The summed E-state index contributed by atoms with van der Waals surface area (Å²) in [6, 6.07) is 12.9. The number of rotatable bonds is 5. The molecule has 0 unspecified atom stereocenters. The monoisotopic (exact) mass is 269 g/mol. The third kappa shape index (κ3) is 2.96. The molecule has 0 saturated carbocycles. The van der Waals surface area contributed by atoms with E-state index in [1.54, 1.807) is 0 Å². The highest BCUT2D eigenvalue weighted by molar-refractivity contribution is 5.32. The average Bonchev–Trinajstić information content (AvgIpc) is 3.05. The van der Waals surface area contributed by atoms with E-state index in [0.717, 1.165) is 13.0 Å². The van der Waals surface area contributed by atoms with Gasteiger partial charge in [-0.05, 0) is 55.4 Å². The molecule has 1 aromatic carbocycles. The van der Waals surface area contributed by atoms with Crippen LogP contribution in [0.3, 0.4) is 0 Å². The Kier molecular flexibility index (Phi) is 3.93. The standard InChI is InChI=1S/C18H23NO/c1-14(20)18(13-19-8-4-5-9-19)12-15-10-16-6-2-3-7-17(16)11-15/h2-9,14-15,18,20H,10-13H2,1H3/t14-,18+/m1/s1. The van der Waals surface area contributed by atoms with Gasteiger partial charge in [0, 0.05) is 24.9 Å². The molecule has 0 spiro atoms. The highest BCUT2D eigenvalue weighted by Crippen LogP contribution is 2.32. The van der Waals surface area contributed by atoms with Crippen molar-refractivity contribution in [2.75, 3.05) is 0 Å². The summed E-state index contributed by atoms with van der Waals surface area (Å²) in [4.78, 5) is 0. The average molecular weight is 269 g/mol. The molecule has 2 nitrogen and oxygen atoms in total. The number of fused-ring (bicyclic) bond motifs is 1. The molecule has 106 valence electrons. The summed E-state index contributed by atoms with van der Waals surface area (Å²) < 4.78 is 2.18. The van der Waals surface area contributed by atoms with Gasteiger partial charge in [0.1, 0.15) is 0 Å². The molecular formula is C18H23NO. The van der Waals surface area contributed by atoms with E-state index >= 15 is 0 Å². The molecule has 1 aromatic heterocycles. The van der Waals surface area contributed by atoms with Crippen molar-refractivity contribution < 1.29 is 5.11 Å². The number of aromatic nitrogens is 1. The fourth-order valence-electron chi connectivity index (χ4n) is 3.43. The SMILES string of the molecule is C[C@@H](O)[C@@H](CC1Cc2ccccc2C1)Cn1cccc1. The minimum absolute atomic E-state index is 0.249. The fourth-order valence-corrected chi connectivity index (χ4v) is 3.43. The van der Waals surface area contributed by atoms with E-state index in [-0.39, 0.29) is 6.10 Å². The largest absolute Gasteiger partial charge is 0.393 e. The van der Waals surface area contributed by atoms with E-state index in [9.17, 15) is 5.11 Å². The first kappa shape index (κ1) is 13.4. The highest BCUT2D eigenvalue weighted by atomic mass is 16.3. The molecule has 1 aliphatic carbocycles. The van der Waals surface area contributed by atoms with Crippen LogP contribution in [-0.4, -0.2) is 15.8 Å². The Morgan fingerprint density at radius 1 is 1.10 bits per heavy atom. The zero-order valence-corrected chi connectivity index (χ0v) is 12.1. The number of hydrogen-bond donors (Lipinski definition) is 1. The van der Waals surface area contributed by atoms with Gasteiger partial charge >= 0.3 is 0 Å². The van der Waals surface area contributed by atoms with Crippen molar-refractivity contribution in [3.63, 3.8) is 0 Å². The van der Waals surface area contributed by atoms with Crippen LogP contribution in [0.15, 0.2) is 48.8 Å². The van der Waals surface area contributed by atoms with Gasteiger partial charge < -0.3 is 9.67 Å². The number of benzene rings is 1. The Balaban J connectivity index is 1.64. The number of nitrogens with zero attached hydrogens (tertiary/aromatic N) is 1. The summed E-state index contributed by atoms with van der Waals surface area (Å²) in [7, 11) is 0. The highest BCUT2D eigenvalue weighted by Gasteiger charge is 2.26. The molecule has 2 atom stereocenters. The van der Waals surface area contributed by atoms with E-state index in [0.29, 0.717) is 11.8 Å². The van der Waals surface area contributed by atoms with Crippen LogP contribution in [0.1, 0.15) is 24.5 Å². The van der Waals surface area contributed by atoms with E-state index in [1.165, 1.54) is 24.0 Å². The predicted molar refractivity (Wildman–Crippen MR) is 81.6 cm³/mol. The summed E-state index contributed by atoms with van der Waals surface area (Å²) in [6.45, 7) is 2.84. The Morgan fingerprint density at radius 3 is 2.25 bits per heavy atom. The lowest BCUT2D eigenvalue weighted by atomic mass is 9.89. The summed E-state index contributed by atoms with van der Waals surface area (Å²) >= 11 is 0. The Bertz CT molecular complexity index is 519. The molecule has 0 aliphatic heterocycles. The van der Waals surface area contributed by atoms with E-state index < -0.39 is 0 Å². The lowest BCUT2D eigenvalue weighted by Crippen LogP contribution is -2.25. The quantitative estimate of drug-likeness (QED) is 0.885. The van der Waals surface area contributed by atoms with Gasteiger partial charge in [0.15, 0.2) is 0 Å². The second kappa shape index (κ2) is 5.84. The van der Waals surface area contributed by atoms with Crippen molar-refractivity contribution >= 4 is 0 Å². The predicted octanol–water partition coefficient (Wildman–Crippen LogP) is 3.29. The number of hydrogen-bond acceptors (Lipinski definition) is 1. The molecule has 2 aromatic rings. The van der Waals surface area contributed by atoms with Gasteiger partial charge in [-0.15, -0.1) is 0 Å². The molecule has 1 aliphatic rings. The first-order valence-electron chi connectivity index (χ1n) is 7.58. The van der Waals surface area contributed by atoms with Crippen molar-refractivity contribution in [1.82, 2.24) is 4.57 Å². The van der Waals surface area contributed by atoms with Crippen LogP contribution < -0.4 is 0 Å². The molecule has 1 heterocycles. The number of aliphatic hydroxyl groups excluding tert-OH is 1. The minimum atomic E-state index is -0.249. The molecule has 0 fully saturated rings. The maximum Gasteiger partial charge on any atom is 0.0557 e. The van der Waals surface area contributed by atoms with Crippen LogP contribution in [0.25, 0.3) is 0 Å². The Morgan fingerprint density at radius 2 is 1.70 bits per heavy atom. The molecule has 0 bridgehead atoms. The van der Waals surface area contributed by atoms with Gasteiger partial charge in [0.05, 0.1) is 6.10 Å². The molecule has 0 radical (unpaired) electrons. The van der Waals surface area contributed by atoms with Crippen LogP contribution >= 0.6 is 0 Å². The van der Waals surface area contributed by atoms with E-state index in [4.69, 9.17) is 0 Å². The van der Waals surface area contributed by atoms with Crippen molar-refractivity contribution in [3.05, 3.63) is 59.9 Å². The summed E-state index contributed by atoms with van der Waals surface area (Å²) in [5.74, 6) is 1.02. The van der Waals surface area contributed by atoms with Crippen molar-refractivity contribution in [2.24, 2.45) is 11.8 Å². The molecular weight excluding hydrogens is 246 g/mol. The third-order valence-corrected chi connectivity index (χ3v) is 4.57. The summed E-state index contributed by atoms with van der Waals surface area (Å²) in [5.41, 5.74) is 3.01. The smallest absolute Gasteiger partial charge is 0.0557 e. The topological polar surface area (TPSA) is 25.2 Å². The lowest BCUT2D eigenvalue weighted by molar-refractivity contribution is 0.0980. The van der Waals surface area contributed by atoms with Crippen molar-refractivity contribution in [1.29, 1.82) is 0 Å². The van der Waals surface area contributed by atoms with Crippen LogP contribution in [0.5, 0.6) is 0 Å². The molecule has 1 N–H and O–H groups in total. The maximum atomic E-state index is 10.1. The summed E-state index contributed by atoms with van der Waals surface area (Å²) in [5, 5.41) is 10.1. The fraction of sp³-hybridized carbons (Fsp3) is 0.444. The zero-order valence-electron chi connectivity index (χ0n) is 12.1. The second-order valence-corrected chi connectivity index (χ2v) is 6.16. The van der Waals surface area contributed by atoms with Gasteiger partial charge in [0.25, 0.3) is 0 Å². The normalized spacial score (nSPS) is 17.9. The zero-order chi connectivity index (χ0) is 13.9. The van der Waals surface area contributed by atoms with Gasteiger partial charge in [0.2, 0.25) is 0 Å². The minimum Gasteiger partial charge on any atom is -0.393 e. The molecule has 0 amide bonds. The van der Waals surface area contributed by atoms with Gasteiger partial charge in [-0.25, -0.2) is 0 Å².